The number of carbonyl (C=O) groups is 1. The van der Waals surface area contributed by atoms with Gasteiger partial charge in [0.15, 0.2) is 17.4 Å². The third-order valence-electron chi connectivity index (χ3n) is 4.64. The molecule has 2 aromatic carbocycles. The number of aryl methyl sites for hydroxylation is 3. The first kappa shape index (κ1) is 21.0. The van der Waals surface area contributed by atoms with Crippen molar-refractivity contribution in [3.8, 4) is 16.9 Å². The first-order chi connectivity index (χ1) is 13.9. The Labute approximate surface area is 172 Å². The molecule has 3 rings (SSSR count). The quantitative estimate of drug-likeness (QED) is 0.478. The summed E-state index contributed by atoms with van der Waals surface area (Å²) < 4.78 is 34.2. The van der Waals surface area contributed by atoms with E-state index in [1.54, 1.807) is 0 Å². The van der Waals surface area contributed by atoms with Crippen molar-refractivity contribution in [2.24, 2.45) is 0 Å². The molecular formula is C23H22F2O3S. The van der Waals surface area contributed by atoms with E-state index in [-0.39, 0.29) is 19.4 Å². The topological polar surface area (TPSA) is 46.5 Å². The van der Waals surface area contributed by atoms with Gasteiger partial charge in [-0.3, -0.25) is 4.79 Å². The van der Waals surface area contributed by atoms with Crippen LogP contribution in [0.1, 0.15) is 34.2 Å². The fourth-order valence-electron chi connectivity index (χ4n) is 3.12. The highest BCUT2D eigenvalue weighted by Gasteiger charge is 2.16. The van der Waals surface area contributed by atoms with Crippen molar-refractivity contribution in [1.82, 2.24) is 0 Å². The van der Waals surface area contributed by atoms with Crippen LogP contribution in [-0.2, 0) is 24.2 Å². The van der Waals surface area contributed by atoms with E-state index in [9.17, 15) is 13.6 Å². The van der Waals surface area contributed by atoms with Crippen LogP contribution in [0.5, 0.6) is 5.75 Å². The summed E-state index contributed by atoms with van der Waals surface area (Å²) in [6, 6.07) is 12.5. The SMILES string of the molecule is CCc1ccc(-c2cc(C)sc2COc2c(F)cc(CCC(=O)O)cc2F)cc1. The second-order valence-electron chi connectivity index (χ2n) is 6.82. The molecule has 0 amide bonds. The first-order valence-corrected chi connectivity index (χ1v) is 10.2. The highest BCUT2D eigenvalue weighted by molar-refractivity contribution is 7.12. The molecule has 0 fully saturated rings. The van der Waals surface area contributed by atoms with Crippen LogP contribution in [-0.4, -0.2) is 11.1 Å². The molecule has 0 saturated carbocycles. The molecule has 3 aromatic rings. The van der Waals surface area contributed by atoms with E-state index in [0.717, 1.165) is 39.4 Å². The van der Waals surface area contributed by atoms with Crippen LogP contribution >= 0.6 is 11.3 Å². The minimum Gasteiger partial charge on any atom is -0.482 e. The molecule has 0 aliphatic carbocycles. The van der Waals surface area contributed by atoms with Gasteiger partial charge in [0.2, 0.25) is 0 Å². The van der Waals surface area contributed by atoms with Crippen LogP contribution < -0.4 is 4.74 Å². The summed E-state index contributed by atoms with van der Waals surface area (Å²) in [5.74, 6) is -3.11. The van der Waals surface area contributed by atoms with E-state index in [0.29, 0.717) is 5.56 Å². The lowest BCUT2D eigenvalue weighted by Gasteiger charge is -2.11. The number of halogens is 2. The zero-order valence-electron chi connectivity index (χ0n) is 16.3. The van der Waals surface area contributed by atoms with Crippen molar-refractivity contribution in [3.63, 3.8) is 0 Å². The summed E-state index contributed by atoms with van der Waals surface area (Å²) in [4.78, 5) is 12.6. The molecule has 0 atom stereocenters. The number of rotatable bonds is 8. The van der Waals surface area contributed by atoms with Gasteiger partial charge >= 0.3 is 5.97 Å². The van der Waals surface area contributed by atoms with Crippen molar-refractivity contribution in [1.29, 1.82) is 0 Å². The van der Waals surface area contributed by atoms with Crippen molar-refractivity contribution in [2.45, 2.75) is 39.7 Å². The maximum absolute atomic E-state index is 14.3. The van der Waals surface area contributed by atoms with Crippen molar-refractivity contribution in [3.05, 3.63) is 75.0 Å². The molecule has 0 aliphatic heterocycles. The average molecular weight is 416 g/mol. The van der Waals surface area contributed by atoms with E-state index in [1.165, 1.54) is 16.9 Å². The van der Waals surface area contributed by atoms with Crippen LogP contribution in [0.2, 0.25) is 0 Å². The number of carboxylic acids is 1. The molecule has 0 spiro atoms. The number of carboxylic acid groups (broad SMARTS) is 1. The largest absolute Gasteiger partial charge is 0.482 e. The lowest BCUT2D eigenvalue weighted by Crippen LogP contribution is -2.02. The van der Waals surface area contributed by atoms with Gasteiger partial charge in [0, 0.05) is 11.3 Å². The van der Waals surface area contributed by atoms with Crippen molar-refractivity contribution >= 4 is 17.3 Å². The summed E-state index contributed by atoms with van der Waals surface area (Å²) >= 11 is 1.53. The Morgan fingerprint density at radius 1 is 1.07 bits per heavy atom. The molecule has 1 N–H and O–H groups in total. The van der Waals surface area contributed by atoms with Gasteiger partial charge in [-0.2, -0.15) is 0 Å². The van der Waals surface area contributed by atoms with Gasteiger partial charge in [-0.25, -0.2) is 8.78 Å². The smallest absolute Gasteiger partial charge is 0.303 e. The molecule has 1 heterocycles. The van der Waals surface area contributed by atoms with Crippen LogP contribution in [0.15, 0.2) is 42.5 Å². The zero-order chi connectivity index (χ0) is 21.0. The molecule has 29 heavy (non-hydrogen) atoms. The minimum absolute atomic E-state index is 0.0473. The first-order valence-electron chi connectivity index (χ1n) is 9.38. The average Bonchev–Trinajstić information content (AvgIpc) is 3.06. The molecule has 1 aromatic heterocycles. The lowest BCUT2D eigenvalue weighted by atomic mass is 10.0. The monoisotopic (exact) mass is 416 g/mol. The van der Waals surface area contributed by atoms with Crippen LogP contribution in [0.3, 0.4) is 0 Å². The van der Waals surface area contributed by atoms with Crippen LogP contribution in [0, 0.1) is 18.6 Å². The number of aliphatic carboxylic acids is 1. The maximum Gasteiger partial charge on any atom is 0.303 e. The summed E-state index contributed by atoms with van der Waals surface area (Å²) in [6.07, 6.45) is 0.832. The van der Waals surface area contributed by atoms with Crippen LogP contribution in [0.4, 0.5) is 8.78 Å². The molecule has 0 bridgehead atoms. The fourth-order valence-corrected chi connectivity index (χ4v) is 4.09. The third-order valence-corrected chi connectivity index (χ3v) is 5.66. The highest BCUT2D eigenvalue weighted by Crippen LogP contribution is 2.33. The fraction of sp³-hybridized carbons (Fsp3) is 0.261. The number of thiophene rings is 1. The Morgan fingerprint density at radius 3 is 2.31 bits per heavy atom. The lowest BCUT2D eigenvalue weighted by molar-refractivity contribution is -0.136. The van der Waals surface area contributed by atoms with Crippen LogP contribution in [0.25, 0.3) is 11.1 Å². The Bertz CT molecular complexity index is 986. The number of benzene rings is 2. The van der Waals surface area contributed by atoms with Gasteiger partial charge in [-0.1, -0.05) is 31.2 Å². The molecule has 0 aliphatic rings. The number of hydrogen-bond acceptors (Lipinski definition) is 3. The van der Waals surface area contributed by atoms with Gasteiger partial charge in [0.1, 0.15) is 6.61 Å². The van der Waals surface area contributed by atoms with Gasteiger partial charge in [-0.05, 0) is 60.2 Å². The van der Waals surface area contributed by atoms with Gasteiger partial charge in [-0.15, -0.1) is 11.3 Å². The van der Waals surface area contributed by atoms with E-state index < -0.39 is 23.4 Å². The summed E-state index contributed by atoms with van der Waals surface area (Å²) in [5.41, 5.74) is 3.56. The molecule has 0 unspecified atom stereocenters. The second kappa shape index (κ2) is 9.18. The predicted octanol–water partition coefficient (Wildman–Crippen LogP) is 6.16. The Kier molecular flexibility index (Phi) is 6.64. The van der Waals surface area contributed by atoms with E-state index in [2.05, 4.69) is 19.1 Å². The second-order valence-corrected chi connectivity index (χ2v) is 8.16. The Balaban J connectivity index is 1.79. The maximum atomic E-state index is 14.3. The number of hydrogen-bond donors (Lipinski definition) is 1. The molecule has 0 radical (unpaired) electrons. The standard InChI is InChI=1S/C23H22F2O3S/c1-3-15-4-7-17(8-5-15)18-10-14(2)29-21(18)13-28-23-19(24)11-16(12-20(23)25)6-9-22(26)27/h4-5,7-8,10-12H,3,6,9,13H2,1-2H3,(H,26,27). The minimum atomic E-state index is -1.02. The zero-order valence-corrected chi connectivity index (χ0v) is 17.1. The molecule has 0 saturated heterocycles. The van der Waals surface area contributed by atoms with E-state index >= 15 is 0 Å². The van der Waals surface area contributed by atoms with Gasteiger partial charge < -0.3 is 9.84 Å². The number of ether oxygens (including phenoxy) is 1. The summed E-state index contributed by atoms with van der Waals surface area (Å²) in [6.45, 7) is 4.13. The Hall–Kier alpha value is -2.73. The van der Waals surface area contributed by atoms with Crippen molar-refractivity contribution < 1.29 is 23.4 Å². The van der Waals surface area contributed by atoms with Crippen molar-refractivity contribution in [2.75, 3.05) is 0 Å². The van der Waals surface area contributed by atoms with Gasteiger partial charge in [0.05, 0.1) is 4.88 Å². The van der Waals surface area contributed by atoms with E-state index in [1.807, 2.05) is 25.1 Å². The highest BCUT2D eigenvalue weighted by atomic mass is 32.1. The molecule has 3 nitrogen and oxygen atoms in total. The third kappa shape index (κ3) is 5.21. The molecule has 6 heteroatoms. The normalized spacial score (nSPS) is 10.9. The molecular weight excluding hydrogens is 394 g/mol. The predicted molar refractivity (Wildman–Crippen MR) is 111 cm³/mol. The van der Waals surface area contributed by atoms with Gasteiger partial charge in [0.25, 0.3) is 0 Å². The summed E-state index contributed by atoms with van der Waals surface area (Å²) in [5, 5.41) is 8.72. The summed E-state index contributed by atoms with van der Waals surface area (Å²) in [7, 11) is 0. The molecule has 152 valence electrons. The van der Waals surface area contributed by atoms with E-state index in [4.69, 9.17) is 9.84 Å². The Morgan fingerprint density at radius 2 is 1.72 bits per heavy atom.